The molecule has 1 saturated carbocycles. The van der Waals surface area contributed by atoms with E-state index in [1.807, 2.05) is 0 Å². The fourth-order valence-corrected chi connectivity index (χ4v) is 3.53. The summed E-state index contributed by atoms with van der Waals surface area (Å²) in [6, 6.07) is 0.232. The predicted molar refractivity (Wildman–Crippen MR) is 84.3 cm³/mol. The number of aliphatic hydroxyl groups excluding tert-OH is 1. The van der Waals surface area contributed by atoms with Crippen LogP contribution in [-0.4, -0.2) is 66.8 Å². The molecule has 0 bridgehead atoms. The van der Waals surface area contributed by atoms with Gasteiger partial charge < -0.3 is 20.2 Å². The molecule has 2 rings (SSSR count). The van der Waals surface area contributed by atoms with Crippen LogP contribution in [0, 0.1) is 5.92 Å². The third kappa shape index (κ3) is 5.47. The summed E-state index contributed by atoms with van der Waals surface area (Å²) in [5.41, 5.74) is 0. The van der Waals surface area contributed by atoms with E-state index >= 15 is 0 Å². The fraction of sp³-hybridized carbons (Fsp3) is 0.938. The molecule has 0 spiro atoms. The van der Waals surface area contributed by atoms with Crippen molar-refractivity contribution in [2.45, 2.75) is 51.0 Å². The molecule has 1 heterocycles. The Morgan fingerprint density at radius 2 is 1.86 bits per heavy atom. The van der Waals surface area contributed by atoms with Gasteiger partial charge in [-0.15, -0.1) is 0 Å². The molecule has 0 unspecified atom stereocenters. The van der Waals surface area contributed by atoms with Crippen molar-refractivity contribution >= 4 is 6.03 Å². The van der Waals surface area contributed by atoms with Gasteiger partial charge >= 0.3 is 6.03 Å². The molecule has 2 aliphatic rings. The number of nitrogens with zero attached hydrogens (tertiary/aromatic N) is 2. The van der Waals surface area contributed by atoms with Crippen LogP contribution in [0.5, 0.6) is 0 Å². The fourth-order valence-electron chi connectivity index (χ4n) is 3.53. The van der Waals surface area contributed by atoms with Gasteiger partial charge in [0.15, 0.2) is 0 Å². The summed E-state index contributed by atoms with van der Waals surface area (Å²) in [4.78, 5) is 16.0. The second-order valence-corrected chi connectivity index (χ2v) is 6.67. The van der Waals surface area contributed by atoms with Crippen LogP contribution in [0.3, 0.4) is 0 Å². The average molecular weight is 297 g/mol. The van der Waals surface area contributed by atoms with Crippen molar-refractivity contribution in [2.75, 3.05) is 39.8 Å². The molecule has 2 N–H and O–H groups in total. The van der Waals surface area contributed by atoms with Gasteiger partial charge in [0.2, 0.25) is 0 Å². The minimum atomic E-state index is -0.0604. The lowest BCUT2D eigenvalue weighted by Gasteiger charge is -2.36. The number of piperidine rings is 1. The number of hydrogen-bond donors (Lipinski definition) is 2. The van der Waals surface area contributed by atoms with Crippen molar-refractivity contribution in [2.24, 2.45) is 5.92 Å². The summed E-state index contributed by atoms with van der Waals surface area (Å²) >= 11 is 0. The molecule has 122 valence electrons. The van der Waals surface area contributed by atoms with Crippen molar-refractivity contribution in [3.05, 3.63) is 0 Å². The molecule has 0 atom stereocenters. The first-order chi connectivity index (χ1) is 10.2. The molecular formula is C16H31N3O2. The van der Waals surface area contributed by atoms with Crippen LogP contribution in [0.4, 0.5) is 4.79 Å². The normalized spacial score (nSPS) is 22.2. The first-order valence-corrected chi connectivity index (χ1v) is 8.54. The van der Waals surface area contributed by atoms with E-state index in [-0.39, 0.29) is 12.6 Å². The summed E-state index contributed by atoms with van der Waals surface area (Å²) in [6.45, 7) is 3.87. The SMILES string of the molecule is CN(CCO)C(=O)NC1CCN(CC2CCCCC2)CC1. The lowest BCUT2D eigenvalue weighted by atomic mass is 9.88. The van der Waals surface area contributed by atoms with Gasteiger partial charge in [-0.05, 0) is 31.6 Å². The topological polar surface area (TPSA) is 55.8 Å². The van der Waals surface area contributed by atoms with Crippen molar-refractivity contribution in [1.82, 2.24) is 15.1 Å². The van der Waals surface area contributed by atoms with E-state index in [0.717, 1.165) is 31.8 Å². The highest BCUT2D eigenvalue weighted by molar-refractivity contribution is 5.74. The Bertz CT molecular complexity index is 311. The number of aliphatic hydroxyl groups is 1. The highest BCUT2D eigenvalue weighted by Crippen LogP contribution is 2.25. The number of urea groups is 1. The van der Waals surface area contributed by atoms with Crippen LogP contribution >= 0.6 is 0 Å². The Hall–Kier alpha value is -0.810. The highest BCUT2D eigenvalue weighted by Gasteiger charge is 2.24. The summed E-state index contributed by atoms with van der Waals surface area (Å²) in [5.74, 6) is 0.903. The van der Waals surface area contributed by atoms with Crippen molar-refractivity contribution in [3.8, 4) is 0 Å². The van der Waals surface area contributed by atoms with Gasteiger partial charge in [0.1, 0.15) is 0 Å². The third-order valence-corrected chi connectivity index (χ3v) is 4.94. The number of hydrogen-bond acceptors (Lipinski definition) is 3. The maximum absolute atomic E-state index is 11.9. The molecule has 2 amide bonds. The Balaban J connectivity index is 1.64. The van der Waals surface area contributed by atoms with E-state index in [1.54, 1.807) is 11.9 Å². The summed E-state index contributed by atoms with van der Waals surface area (Å²) in [7, 11) is 1.73. The second kappa shape index (κ2) is 8.59. The van der Waals surface area contributed by atoms with Gasteiger partial charge in [-0.3, -0.25) is 0 Å². The van der Waals surface area contributed by atoms with Gasteiger partial charge in [0.25, 0.3) is 0 Å². The van der Waals surface area contributed by atoms with Crippen LogP contribution in [0.25, 0.3) is 0 Å². The number of carbonyl (C=O) groups excluding carboxylic acids is 1. The molecule has 0 radical (unpaired) electrons. The number of amides is 2. The molecule has 0 aromatic carbocycles. The third-order valence-electron chi connectivity index (χ3n) is 4.94. The zero-order chi connectivity index (χ0) is 15.1. The zero-order valence-corrected chi connectivity index (χ0v) is 13.4. The van der Waals surface area contributed by atoms with Crippen LogP contribution < -0.4 is 5.32 Å². The van der Waals surface area contributed by atoms with E-state index in [9.17, 15) is 4.79 Å². The number of likely N-dealkylation sites (tertiary alicyclic amines) is 1. The van der Waals surface area contributed by atoms with Crippen molar-refractivity contribution < 1.29 is 9.90 Å². The summed E-state index contributed by atoms with van der Waals surface area (Å²) in [6.07, 6.45) is 9.15. The summed E-state index contributed by atoms with van der Waals surface area (Å²) < 4.78 is 0. The summed E-state index contributed by atoms with van der Waals surface area (Å²) in [5, 5.41) is 11.9. The molecular weight excluding hydrogens is 266 g/mol. The number of likely N-dealkylation sites (N-methyl/N-ethyl adjacent to an activating group) is 1. The van der Waals surface area contributed by atoms with Gasteiger partial charge in [-0.25, -0.2) is 4.79 Å². The molecule has 5 nitrogen and oxygen atoms in total. The number of carbonyl (C=O) groups is 1. The molecule has 0 aromatic heterocycles. The van der Waals surface area contributed by atoms with Crippen LogP contribution in [-0.2, 0) is 0 Å². The lowest BCUT2D eigenvalue weighted by Crippen LogP contribution is -2.49. The number of rotatable bonds is 5. The smallest absolute Gasteiger partial charge is 0.317 e. The van der Waals surface area contributed by atoms with E-state index in [2.05, 4.69) is 10.2 Å². The zero-order valence-electron chi connectivity index (χ0n) is 13.4. The molecule has 1 aliphatic carbocycles. The van der Waals surface area contributed by atoms with Gasteiger partial charge in [0.05, 0.1) is 6.61 Å². The Morgan fingerprint density at radius 1 is 1.19 bits per heavy atom. The average Bonchev–Trinajstić information content (AvgIpc) is 2.50. The van der Waals surface area contributed by atoms with E-state index < -0.39 is 0 Å². The van der Waals surface area contributed by atoms with Crippen molar-refractivity contribution in [1.29, 1.82) is 0 Å². The van der Waals surface area contributed by atoms with Gasteiger partial charge in [0, 0.05) is 39.3 Å². The molecule has 1 saturated heterocycles. The largest absolute Gasteiger partial charge is 0.395 e. The van der Waals surface area contributed by atoms with Gasteiger partial charge in [-0.1, -0.05) is 19.3 Å². The second-order valence-electron chi connectivity index (χ2n) is 6.67. The molecule has 21 heavy (non-hydrogen) atoms. The standard InChI is InChI=1S/C16H31N3O2/c1-18(11-12-20)16(21)17-15-7-9-19(10-8-15)13-14-5-3-2-4-6-14/h14-15,20H,2-13H2,1H3,(H,17,21). The van der Waals surface area contributed by atoms with Crippen LogP contribution in [0.2, 0.25) is 0 Å². The van der Waals surface area contributed by atoms with E-state index in [0.29, 0.717) is 12.6 Å². The van der Waals surface area contributed by atoms with Crippen LogP contribution in [0.1, 0.15) is 44.9 Å². The maximum Gasteiger partial charge on any atom is 0.317 e. The first-order valence-electron chi connectivity index (χ1n) is 8.54. The Morgan fingerprint density at radius 3 is 2.48 bits per heavy atom. The highest BCUT2D eigenvalue weighted by atomic mass is 16.3. The number of nitrogens with one attached hydrogen (secondary N) is 1. The predicted octanol–water partition coefficient (Wildman–Crippen LogP) is 1.66. The first kappa shape index (κ1) is 16.6. The maximum atomic E-state index is 11.9. The monoisotopic (exact) mass is 297 g/mol. The minimum Gasteiger partial charge on any atom is -0.395 e. The van der Waals surface area contributed by atoms with Crippen LogP contribution in [0.15, 0.2) is 0 Å². The molecule has 5 heteroatoms. The molecule has 2 fully saturated rings. The van der Waals surface area contributed by atoms with E-state index in [4.69, 9.17) is 5.11 Å². The quantitative estimate of drug-likeness (QED) is 0.811. The Kier molecular flexibility index (Phi) is 6.77. The van der Waals surface area contributed by atoms with E-state index in [1.165, 1.54) is 38.6 Å². The minimum absolute atomic E-state index is 0.0176. The van der Waals surface area contributed by atoms with Crippen molar-refractivity contribution in [3.63, 3.8) is 0 Å². The van der Waals surface area contributed by atoms with Gasteiger partial charge in [-0.2, -0.15) is 0 Å². The Labute approximate surface area is 128 Å². The molecule has 0 aromatic rings. The molecule has 1 aliphatic heterocycles. The lowest BCUT2D eigenvalue weighted by molar-refractivity contribution is 0.148.